The van der Waals surface area contributed by atoms with Crippen LogP contribution in [-0.4, -0.2) is 30.3 Å². The van der Waals surface area contributed by atoms with E-state index in [-0.39, 0.29) is 6.42 Å². The molecule has 0 spiro atoms. The van der Waals surface area contributed by atoms with Gasteiger partial charge < -0.3 is 10.4 Å². The number of aliphatic carboxylic acids is 1. The van der Waals surface area contributed by atoms with Gasteiger partial charge in [-0.3, -0.25) is 9.59 Å². The van der Waals surface area contributed by atoms with Crippen molar-refractivity contribution in [3.63, 3.8) is 0 Å². The molecule has 2 N–H and O–H groups in total. The molecule has 1 aromatic rings. The van der Waals surface area contributed by atoms with Gasteiger partial charge in [0.2, 0.25) is 5.91 Å². The first-order chi connectivity index (χ1) is 7.83. The lowest BCUT2D eigenvalue weighted by Crippen LogP contribution is -2.53. The molecule has 1 unspecified atom stereocenters. The van der Waals surface area contributed by atoms with Crippen LogP contribution < -0.4 is 5.32 Å². The van der Waals surface area contributed by atoms with Crippen LogP contribution in [0, 0.1) is 6.92 Å². The number of rotatable bonds is 4. The SMILES string of the molecule is [B]C(C)(NC(=O)Cc1ccccc1C)C(=O)O. The van der Waals surface area contributed by atoms with Gasteiger partial charge in [-0.1, -0.05) is 24.3 Å². The second-order valence-electron chi connectivity index (χ2n) is 4.16. The summed E-state index contributed by atoms with van der Waals surface area (Å²) in [5.74, 6) is -1.68. The molecule has 0 saturated carbocycles. The van der Waals surface area contributed by atoms with Crippen molar-refractivity contribution >= 4 is 19.7 Å². The molecule has 1 atom stereocenters. The Morgan fingerprint density at radius 3 is 2.53 bits per heavy atom. The summed E-state index contributed by atoms with van der Waals surface area (Å²) in [7, 11) is 5.42. The molecule has 4 nitrogen and oxygen atoms in total. The second-order valence-corrected chi connectivity index (χ2v) is 4.16. The predicted molar refractivity (Wildman–Crippen MR) is 64.8 cm³/mol. The number of carboxylic acid groups (broad SMARTS) is 1. The molecule has 0 fully saturated rings. The molecule has 0 saturated heterocycles. The first-order valence-corrected chi connectivity index (χ1v) is 5.20. The van der Waals surface area contributed by atoms with Gasteiger partial charge in [-0.2, -0.15) is 0 Å². The van der Waals surface area contributed by atoms with Crippen molar-refractivity contribution in [1.29, 1.82) is 0 Å². The zero-order chi connectivity index (χ0) is 13.1. The van der Waals surface area contributed by atoms with Gasteiger partial charge in [0.1, 0.15) is 7.85 Å². The standard InChI is InChI=1S/C12H14BNO3/c1-8-5-3-4-6-9(8)7-10(15)14-12(2,13)11(16)17/h3-6H,7H2,1-2H3,(H,14,15)(H,16,17). The third-order valence-electron chi connectivity index (χ3n) is 2.46. The highest BCUT2D eigenvalue weighted by atomic mass is 16.4. The van der Waals surface area contributed by atoms with Crippen molar-refractivity contribution < 1.29 is 14.7 Å². The minimum Gasteiger partial charge on any atom is -0.480 e. The Kier molecular flexibility index (Phi) is 3.94. The molecule has 1 aromatic carbocycles. The van der Waals surface area contributed by atoms with E-state index in [2.05, 4.69) is 5.32 Å². The monoisotopic (exact) mass is 231 g/mol. The molecular weight excluding hydrogens is 217 g/mol. The molecule has 0 aliphatic rings. The van der Waals surface area contributed by atoms with Crippen molar-refractivity contribution in [1.82, 2.24) is 5.32 Å². The molecule has 1 amide bonds. The quantitative estimate of drug-likeness (QED) is 0.746. The Bertz CT molecular complexity index is 443. The van der Waals surface area contributed by atoms with Gasteiger partial charge in [0.25, 0.3) is 0 Å². The van der Waals surface area contributed by atoms with Crippen LogP contribution >= 0.6 is 0 Å². The smallest absolute Gasteiger partial charge is 0.319 e. The maximum atomic E-state index is 11.6. The molecule has 88 valence electrons. The molecule has 0 heterocycles. The van der Waals surface area contributed by atoms with E-state index in [1.807, 2.05) is 31.2 Å². The lowest BCUT2D eigenvalue weighted by Gasteiger charge is -2.21. The van der Waals surface area contributed by atoms with Gasteiger partial charge in [-0.05, 0) is 25.0 Å². The first kappa shape index (κ1) is 13.3. The minimum atomic E-state index is -1.74. The van der Waals surface area contributed by atoms with Crippen molar-refractivity contribution in [3.8, 4) is 0 Å². The van der Waals surface area contributed by atoms with Crippen LogP contribution in [-0.2, 0) is 16.0 Å². The van der Waals surface area contributed by atoms with E-state index in [0.29, 0.717) is 0 Å². The number of carboxylic acids is 1. The predicted octanol–water partition coefficient (Wildman–Crippen LogP) is 0.623. The number of aryl methyl sites for hydroxylation is 1. The van der Waals surface area contributed by atoms with Gasteiger partial charge >= 0.3 is 5.97 Å². The number of carbonyl (C=O) groups is 2. The van der Waals surface area contributed by atoms with Gasteiger partial charge in [0.15, 0.2) is 0 Å². The van der Waals surface area contributed by atoms with Crippen LogP contribution in [0.4, 0.5) is 0 Å². The highest BCUT2D eigenvalue weighted by molar-refractivity contribution is 6.27. The van der Waals surface area contributed by atoms with E-state index in [1.165, 1.54) is 6.92 Å². The fraction of sp³-hybridized carbons (Fsp3) is 0.333. The Balaban J connectivity index is 2.69. The molecule has 5 heteroatoms. The Labute approximate surface area is 101 Å². The average Bonchev–Trinajstić information content (AvgIpc) is 2.20. The molecular formula is C12H14BNO3. The van der Waals surface area contributed by atoms with Crippen LogP contribution in [0.5, 0.6) is 0 Å². The number of amides is 1. The lowest BCUT2D eigenvalue weighted by molar-refractivity contribution is -0.143. The van der Waals surface area contributed by atoms with Crippen molar-refractivity contribution in [2.45, 2.75) is 25.7 Å². The van der Waals surface area contributed by atoms with E-state index >= 15 is 0 Å². The Morgan fingerprint density at radius 1 is 1.41 bits per heavy atom. The number of benzene rings is 1. The highest BCUT2D eigenvalue weighted by Gasteiger charge is 2.28. The van der Waals surface area contributed by atoms with E-state index in [9.17, 15) is 9.59 Å². The van der Waals surface area contributed by atoms with Gasteiger partial charge in [0, 0.05) is 0 Å². The van der Waals surface area contributed by atoms with Gasteiger partial charge in [-0.15, -0.1) is 0 Å². The molecule has 17 heavy (non-hydrogen) atoms. The van der Waals surface area contributed by atoms with Crippen molar-refractivity contribution in [3.05, 3.63) is 35.4 Å². The fourth-order valence-corrected chi connectivity index (χ4v) is 1.37. The number of nitrogens with one attached hydrogen (secondary N) is 1. The van der Waals surface area contributed by atoms with Crippen LogP contribution in [0.3, 0.4) is 0 Å². The van der Waals surface area contributed by atoms with Crippen LogP contribution in [0.15, 0.2) is 24.3 Å². The Morgan fingerprint density at radius 2 is 2.00 bits per heavy atom. The van der Waals surface area contributed by atoms with Crippen LogP contribution in [0.25, 0.3) is 0 Å². The molecule has 1 rings (SSSR count). The van der Waals surface area contributed by atoms with E-state index < -0.39 is 17.3 Å². The maximum Gasteiger partial charge on any atom is 0.319 e. The number of hydrogen-bond donors (Lipinski definition) is 2. The van der Waals surface area contributed by atoms with Crippen molar-refractivity contribution in [2.75, 3.05) is 0 Å². The molecule has 2 radical (unpaired) electrons. The van der Waals surface area contributed by atoms with Gasteiger partial charge in [-0.25, -0.2) is 0 Å². The zero-order valence-corrected chi connectivity index (χ0v) is 9.86. The summed E-state index contributed by atoms with van der Waals surface area (Å²) < 4.78 is 0. The highest BCUT2D eigenvalue weighted by Crippen LogP contribution is 2.08. The third kappa shape index (κ3) is 3.62. The van der Waals surface area contributed by atoms with Crippen LogP contribution in [0.2, 0.25) is 0 Å². The largest absolute Gasteiger partial charge is 0.480 e. The van der Waals surface area contributed by atoms with Crippen LogP contribution in [0.1, 0.15) is 18.1 Å². The normalized spacial score (nSPS) is 13.8. The average molecular weight is 231 g/mol. The molecule has 0 aromatic heterocycles. The number of hydrogen-bond acceptors (Lipinski definition) is 2. The summed E-state index contributed by atoms with van der Waals surface area (Å²) in [6.07, 6.45) is 0.118. The topological polar surface area (TPSA) is 66.4 Å². The summed E-state index contributed by atoms with van der Waals surface area (Å²) in [5.41, 5.74) is 0.0997. The zero-order valence-electron chi connectivity index (χ0n) is 9.86. The number of carbonyl (C=O) groups excluding carboxylic acids is 1. The van der Waals surface area contributed by atoms with E-state index in [0.717, 1.165) is 11.1 Å². The Hall–Kier alpha value is -1.78. The van der Waals surface area contributed by atoms with Crippen molar-refractivity contribution in [2.24, 2.45) is 0 Å². The second kappa shape index (κ2) is 5.04. The summed E-state index contributed by atoms with van der Waals surface area (Å²) in [6, 6.07) is 7.42. The summed E-state index contributed by atoms with van der Waals surface area (Å²) in [5, 5.41) is 11.0. The van der Waals surface area contributed by atoms with E-state index in [4.69, 9.17) is 13.0 Å². The molecule has 0 aliphatic carbocycles. The summed E-state index contributed by atoms with van der Waals surface area (Å²) >= 11 is 0. The molecule has 0 aliphatic heterocycles. The third-order valence-corrected chi connectivity index (χ3v) is 2.46. The summed E-state index contributed by atoms with van der Waals surface area (Å²) in [6.45, 7) is 3.13. The lowest BCUT2D eigenvalue weighted by atomic mass is 9.79. The molecule has 0 bridgehead atoms. The maximum absolute atomic E-state index is 11.6. The van der Waals surface area contributed by atoms with Gasteiger partial charge in [0.05, 0.1) is 11.9 Å². The first-order valence-electron chi connectivity index (χ1n) is 5.20. The van der Waals surface area contributed by atoms with E-state index in [1.54, 1.807) is 0 Å². The fourth-order valence-electron chi connectivity index (χ4n) is 1.37. The minimum absolute atomic E-state index is 0.118. The summed E-state index contributed by atoms with van der Waals surface area (Å²) in [4.78, 5) is 22.4.